The maximum atomic E-state index is 11.9. The molecule has 0 atom stereocenters. The van der Waals surface area contributed by atoms with Crippen LogP contribution in [-0.2, 0) is 9.53 Å². The van der Waals surface area contributed by atoms with E-state index >= 15 is 0 Å². The highest BCUT2D eigenvalue weighted by Gasteiger charge is 2.09. The Morgan fingerprint density at radius 1 is 0.759 bits per heavy atom. The molecule has 0 fully saturated rings. The molecule has 3 nitrogen and oxygen atoms in total. The van der Waals surface area contributed by atoms with Gasteiger partial charge in [0.15, 0.2) is 12.4 Å². The summed E-state index contributed by atoms with van der Waals surface area (Å²) in [5.41, 5.74) is 0.581. The lowest BCUT2D eigenvalue weighted by molar-refractivity contribution is -0.142. The Hall–Kier alpha value is -2.08. The molecule has 0 heterocycles. The van der Waals surface area contributed by atoms with E-state index in [9.17, 15) is 9.59 Å². The first-order valence-electron chi connectivity index (χ1n) is 11.4. The molecule has 1 aromatic carbocycles. The van der Waals surface area contributed by atoms with Crippen LogP contribution in [0.25, 0.3) is 0 Å². The van der Waals surface area contributed by atoms with E-state index in [4.69, 9.17) is 4.74 Å². The molecule has 0 saturated carbocycles. The molecule has 0 aliphatic heterocycles. The van der Waals surface area contributed by atoms with Gasteiger partial charge in [-0.05, 0) is 19.3 Å². The van der Waals surface area contributed by atoms with Gasteiger partial charge in [-0.25, -0.2) is 0 Å². The van der Waals surface area contributed by atoms with E-state index in [0.29, 0.717) is 12.0 Å². The molecule has 0 bridgehead atoms. The molecule has 1 aromatic rings. The van der Waals surface area contributed by atoms with Gasteiger partial charge in [0.2, 0.25) is 0 Å². The van der Waals surface area contributed by atoms with Crippen LogP contribution in [0.2, 0.25) is 0 Å². The highest BCUT2D eigenvalue weighted by Crippen LogP contribution is 2.09. The van der Waals surface area contributed by atoms with E-state index in [-0.39, 0.29) is 18.4 Å². The molecule has 0 amide bonds. The number of carbonyl (C=O) groups excluding carboxylic acids is 2. The van der Waals surface area contributed by atoms with E-state index in [1.165, 1.54) is 51.4 Å². The average Bonchev–Trinajstić information content (AvgIpc) is 2.75. The number of Topliss-reactive ketones (excluding diaryl/α,β-unsaturated/α-hetero) is 1. The van der Waals surface area contributed by atoms with Crippen molar-refractivity contribution in [2.45, 2.75) is 96.8 Å². The minimum Gasteiger partial charge on any atom is -0.457 e. The molecule has 0 N–H and O–H groups in total. The average molecular weight is 399 g/mol. The second-order valence-corrected chi connectivity index (χ2v) is 7.59. The Balaban J connectivity index is 1.88. The topological polar surface area (TPSA) is 43.4 Å². The predicted molar refractivity (Wildman–Crippen MR) is 120 cm³/mol. The highest BCUT2D eigenvalue weighted by molar-refractivity contribution is 5.97. The van der Waals surface area contributed by atoms with Crippen LogP contribution in [0.15, 0.2) is 30.3 Å². The Morgan fingerprint density at radius 2 is 1.31 bits per heavy atom. The Morgan fingerprint density at radius 3 is 1.93 bits per heavy atom. The van der Waals surface area contributed by atoms with Crippen molar-refractivity contribution in [2.24, 2.45) is 0 Å². The Bertz CT molecular complexity index is 610. The molecule has 0 unspecified atom stereocenters. The van der Waals surface area contributed by atoms with Crippen LogP contribution < -0.4 is 0 Å². The smallest absolute Gasteiger partial charge is 0.306 e. The molecule has 29 heavy (non-hydrogen) atoms. The molecule has 3 heteroatoms. The lowest BCUT2D eigenvalue weighted by Gasteiger charge is -2.04. The summed E-state index contributed by atoms with van der Waals surface area (Å²) in [5.74, 6) is 6.15. The van der Waals surface area contributed by atoms with Gasteiger partial charge in [-0.1, -0.05) is 88.6 Å². The summed E-state index contributed by atoms with van der Waals surface area (Å²) in [5, 5.41) is 0. The number of unbranched alkanes of at least 4 members (excludes halogenated alkanes) is 11. The lowest BCUT2D eigenvalue weighted by atomic mass is 10.1. The molecule has 0 saturated heterocycles. The number of esters is 1. The SMILES string of the molecule is CCCCCCCC#CCCCCCCCCC(=O)OCC(=O)c1ccccc1. The Kier molecular flexibility index (Phi) is 15.5. The largest absolute Gasteiger partial charge is 0.457 e. The van der Waals surface area contributed by atoms with Gasteiger partial charge in [0.1, 0.15) is 0 Å². The third-order valence-corrected chi connectivity index (χ3v) is 4.92. The van der Waals surface area contributed by atoms with Crippen molar-refractivity contribution in [3.63, 3.8) is 0 Å². The van der Waals surface area contributed by atoms with Crippen molar-refractivity contribution in [1.29, 1.82) is 0 Å². The maximum Gasteiger partial charge on any atom is 0.306 e. The van der Waals surface area contributed by atoms with Gasteiger partial charge >= 0.3 is 5.97 Å². The zero-order valence-corrected chi connectivity index (χ0v) is 18.2. The second kappa shape index (κ2) is 18.0. The molecule has 1 rings (SSSR count). The summed E-state index contributed by atoms with van der Waals surface area (Å²) in [4.78, 5) is 23.6. The molecule has 0 radical (unpaired) electrons. The van der Waals surface area contributed by atoms with Crippen molar-refractivity contribution in [3.8, 4) is 11.8 Å². The van der Waals surface area contributed by atoms with Crippen molar-refractivity contribution in [2.75, 3.05) is 6.61 Å². The summed E-state index contributed by atoms with van der Waals surface area (Å²) in [6.07, 6.45) is 15.6. The number of ketones is 1. The second-order valence-electron chi connectivity index (χ2n) is 7.59. The fourth-order valence-corrected chi connectivity index (χ4v) is 3.11. The summed E-state index contributed by atoms with van der Waals surface area (Å²) in [6, 6.07) is 8.92. The molecule has 0 aromatic heterocycles. The quantitative estimate of drug-likeness (QED) is 0.132. The summed E-state index contributed by atoms with van der Waals surface area (Å²) >= 11 is 0. The summed E-state index contributed by atoms with van der Waals surface area (Å²) in [7, 11) is 0. The minimum absolute atomic E-state index is 0.154. The summed E-state index contributed by atoms with van der Waals surface area (Å²) < 4.78 is 5.07. The molecule has 0 spiro atoms. The van der Waals surface area contributed by atoms with Crippen molar-refractivity contribution < 1.29 is 14.3 Å². The van der Waals surface area contributed by atoms with Gasteiger partial charge in [-0.3, -0.25) is 9.59 Å². The zero-order valence-electron chi connectivity index (χ0n) is 18.2. The molecule has 0 aliphatic rings. The van der Waals surface area contributed by atoms with E-state index < -0.39 is 0 Å². The third-order valence-electron chi connectivity index (χ3n) is 4.92. The van der Waals surface area contributed by atoms with Crippen LogP contribution in [0.4, 0.5) is 0 Å². The van der Waals surface area contributed by atoms with Crippen LogP contribution in [0.5, 0.6) is 0 Å². The van der Waals surface area contributed by atoms with Crippen molar-refractivity contribution >= 4 is 11.8 Å². The van der Waals surface area contributed by atoms with Gasteiger partial charge in [0, 0.05) is 24.8 Å². The highest BCUT2D eigenvalue weighted by atomic mass is 16.5. The van der Waals surface area contributed by atoms with E-state index in [2.05, 4.69) is 18.8 Å². The first-order valence-corrected chi connectivity index (χ1v) is 11.4. The Labute approximate surface area is 177 Å². The fourth-order valence-electron chi connectivity index (χ4n) is 3.11. The van der Waals surface area contributed by atoms with Crippen molar-refractivity contribution in [1.82, 2.24) is 0 Å². The van der Waals surface area contributed by atoms with Gasteiger partial charge < -0.3 is 4.74 Å². The molecular formula is C26H38O3. The predicted octanol–water partition coefficient (Wildman–Crippen LogP) is 6.90. The number of carbonyl (C=O) groups is 2. The third kappa shape index (κ3) is 14.6. The molecule has 160 valence electrons. The van der Waals surface area contributed by atoms with Gasteiger partial charge in [-0.15, -0.1) is 11.8 Å². The number of rotatable bonds is 16. The summed E-state index contributed by atoms with van der Waals surface area (Å²) in [6.45, 7) is 2.08. The van der Waals surface area contributed by atoms with Gasteiger partial charge in [-0.2, -0.15) is 0 Å². The van der Waals surface area contributed by atoms with Crippen LogP contribution in [0, 0.1) is 11.8 Å². The normalized spacial score (nSPS) is 10.2. The first kappa shape index (κ1) is 25.0. The standard InChI is InChI=1S/C26H38O3/c1-2-3-4-5-6-7-8-9-10-11-12-13-14-15-19-22-26(28)29-23-25(27)24-20-17-16-18-21-24/h16-18,20-21H,2-7,10-15,19,22-23H2,1H3. The minimum atomic E-state index is -0.278. The van der Waals surface area contributed by atoms with Crippen LogP contribution >= 0.6 is 0 Å². The van der Waals surface area contributed by atoms with Gasteiger partial charge in [0.05, 0.1) is 0 Å². The van der Waals surface area contributed by atoms with E-state index in [1.807, 2.05) is 6.07 Å². The lowest BCUT2D eigenvalue weighted by Crippen LogP contribution is -2.13. The van der Waals surface area contributed by atoms with Crippen molar-refractivity contribution in [3.05, 3.63) is 35.9 Å². The van der Waals surface area contributed by atoms with Crippen LogP contribution in [0.3, 0.4) is 0 Å². The molecular weight excluding hydrogens is 360 g/mol. The van der Waals surface area contributed by atoms with Gasteiger partial charge in [0.25, 0.3) is 0 Å². The molecule has 0 aliphatic carbocycles. The van der Waals surface area contributed by atoms with Crippen LogP contribution in [0.1, 0.15) is 107 Å². The first-order chi connectivity index (χ1) is 14.2. The van der Waals surface area contributed by atoms with Crippen LogP contribution in [-0.4, -0.2) is 18.4 Å². The number of ether oxygens (including phenoxy) is 1. The fraction of sp³-hybridized carbons (Fsp3) is 0.615. The van der Waals surface area contributed by atoms with E-state index in [1.54, 1.807) is 24.3 Å². The maximum absolute atomic E-state index is 11.9. The van der Waals surface area contributed by atoms with E-state index in [0.717, 1.165) is 32.1 Å². The monoisotopic (exact) mass is 398 g/mol. The number of hydrogen-bond donors (Lipinski definition) is 0. The zero-order chi connectivity index (χ0) is 21.0. The number of hydrogen-bond acceptors (Lipinski definition) is 3. The number of benzene rings is 1.